The lowest BCUT2D eigenvalue weighted by Crippen LogP contribution is -2.36. The van der Waals surface area contributed by atoms with Crippen molar-refractivity contribution in [2.45, 2.75) is 27.2 Å². The van der Waals surface area contributed by atoms with Crippen molar-refractivity contribution in [2.24, 2.45) is 0 Å². The SMILES string of the molecule is CCN(CCC(=O)NCCN(C)C)C(=O)c1cc(C)oc1C. The number of carbonyl (C=O) groups excluding carboxylic acids is 2. The summed E-state index contributed by atoms with van der Waals surface area (Å²) in [7, 11) is 3.91. The molecule has 0 atom stereocenters. The van der Waals surface area contributed by atoms with Crippen molar-refractivity contribution in [2.75, 3.05) is 40.3 Å². The highest BCUT2D eigenvalue weighted by Gasteiger charge is 2.19. The number of rotatable bonds is 8. The van der Waals surface area contributed by atoms with Gasteiger partial charge in [-0.2, -0.15) is 0 Å². The number of carbonyl (C=O) groups is 2. The quantitative estimate of drug-likeness (QED) is 0.789. The van der Waals surface area contributed by atoms with Crippen LogP contribution in [0.25, 0.3) is 0 Å². The molecule has 0 aliphatic heterocycles. The van der Waals surface area contributed by atoms with E-state index in [0.717, 1.165) is 12.3 Å². The number of likely N-dealkylation sites (N-methyl/N-ethyl adjacent to an activating group) is 1. The molecule has 1 heterocycles. The number of furan rings is 1. The monoisotopic (exact) mass is 309 g/mol. The van der Waals surface area contributed by atoms with Crippen LogP contribution < -0.4 is 5.32 Å². The maximum Gasteiger partial charge on any atom is 0.257 e. The van der Waals surface area contributed by atoms with Crippen molar-refractivity contribution in [1.29, 1.82) is 0 Å². The van der Waals surface area contributed by atoms with E-state index in [0.29, 0.717) is 37.4 Å². The van der Waals surface area contributed by atoms with Gasteiger partial charge in [-0.15, -0.1) is 0 Å². The van der Waals surface area contributed by atoms with E-state index in [1.54, 1.807) is 17.9 Å². The lowest BCUT2D eigenvalue weighted by atomic mass is 10.2. The summed E-state index contributed by atoms with van der Waals surface area (Å²) in [5.41, 5.74) is 0.576. The molecule has 0 aliphatic rings. The summed E-state index contributed by atoms with van der Waals surface area (Å²) in [5, 5.41) is 2.85. The van der Waals surface area contributed by atoms with E-state index in [2.05, 4.69) is 5.32 Å². The van der Waals surface area contributed by atoms with Crippen LogP contribution in [0.4, 0.5) is 0 Å². The first-order valence-corrected chi connectivity index (χ1v) is 7.62. The first-order valence-electron chi connectivity index (χ1n) is 7.62. The van der Waals surface area contributed by atoms with E-state index in [1.165, 1.54) is 0 Å². The van der Waals surface area contributed by atoms with E-state index in [4.69, 9.17) is 4.42 Å². The Morgan fingerprint density at radius 3 is 2.41 bits per heavy atom. The van der Waals surface area contributed by atoms with E-state index in [9.17, 15) is 9.59 Å². The minimum Gasteiger partial charge on any atom is -0.466 e. The molecule has 6 nitrogen and oxygen atoms in total. The summed E-state index contributed by atoms with van der Waals surface area (Å²) >= 11 is 0. The molecular formula is C16H27N3O3. The van der Waals surface area contributed by atoms with E-state index in [1.807, 2.05) is 32.8 Å². The van der Waals surface area contributed by atoms with Gasteiger partial charge in [-0.3, -0.25) is 9.59 Å². The summed E-state index contributed by atoms with van der Waals surface area (Å²) < 4.78 is 5.40. The van der Waals surface area contributed by atoms with Gasteiger partial charge < -0.3 is 19.5 Å². The van der Waals surface area contributed by atoms with Gasteiger partial charge in [0.2, 0.25) is 5.91 Å². The number of nitrogens with one attached hydrogen (secondary N) is 1. The predicted octanol–water partition coefficient (Wildman–Crippen LogP) is 1.43. The predicted molar refractivity (Wildman–Crippen MR) is 85.9 cm³/mol. The summed E-state index contributed by atoms with van der Waals surface area (Å²) in [6, 6.07) is 1.75. The Bertz CT molecular complexity index is 509. The normalized spacial score (nSPS) is 10.8. The molecule has 0 bridgehead atoms. The van der Waals surface area contributed by atoms with Crippen molar-refractivity contribution >= 4 is 11.8 Å². The third kappa shape index (κ3) is 5.52. The van der Waals surface area contributed by atoms with Gasteiger partial charge in [-0.05, 0) is 40.9 Å². The zero-order valence-electron chi connectivity index (χ0n) is 14.2. The number of aryl methyl sites for hydroxylation is 2. The minimum atomic E-state index is -0.0852. The van der Waals surface area contributed by atoms with Crippen LogP contribution in [0.5, 0.6) is 0 Å². The number of nitrogens with zero attached hydrogens (tertiary/aromatic N) is 2. The highest BCUT2D eigenvalue weighted by molar-refractivity contribution is 5.95. The molecule has 6 heteroatoms. The topological polar surface area (TPSA) is 65.8 Å². The first kappa shape index (κ1) is 18.2. The molecule has 0 saturated heterocycles. The fraction of sp³-hybridized carbons (Fsp3) is 0.625. The van der Waals surface area contributed by atoms with Gasteiger partial charge in [0, 0.05) is 32.6 Å². The fourth-order valence-corrected chi connectivity index (χ4v) is 2.16. The molecule has 1 aromatic rings. The van der Waals surface area contributed by atoms with Crippen LogP contribution >= 0.6 is 0 Å². The fourth-order valence-electron chi connectivity index (χ4n) is 2.16. The van der Waals surface area contributed by atoms with Crippen molar-refractivity contribution in [3.8, 4) is 0 Å². The van der Waals surface area contributed by atoms with Crippen molar-refractivity contribution < 1.29 is 14.0 Å². The van der Waals surface area contributed by atoms with Crippen molar-refractivity contribution in [1.82, 2.24) is 15.1 Å². The zero-order valence-corrected chi connectivity index (χ0v) is 14.2. The smallest absolute Gasteiger partial charge is 0.257 e. The Kier molecular flexibility index (Phi) is 7.11. The van der Waals surface area contributed by atoms with Gasteiger partial charge in [0.1, 0.15) is 11.5 Å². The van der Waals surface area contributed by atoms with Gasteiger partial charge in [0.15, 0.2) is 0 Å². The molecule has 1 N–H and O–H groups in total. The van der Waals surface area contributed by atoms with Crippen molar-refractivity contribution in [3.63, 3.8) is 0 Å². The maximum absolute atomic E-state index is 12.5. The molecule has 0 aliphatic carbocycles. The second-order valence-electron chi connectivity index (χ2n) is 5.61. The van der Waals surface area contributed by atoms with Crippen LogP contribution in [0, 0.1) is 13.8 Å². The van der Waals surface area contributed by atoms with Gasteiger partial charge >= 0.3 is 0 Å². The minimum absolute atomic E-state index is 0.0341. The van der Waals surface area contributed by atoms with Gasteiger partial charge in [-0.25, -0.2) is 0 Å². The Labute approximate surface area is 132 Å². The van der Waals surface area contributed by atoms with Crippen LogP contribution in [0.1, 0.15) is 35.2 Å². The standard InChI is InChI=1S/C16H27N3O3/c1-6-19(9-7-15(20)17-8-10-18(4)5)16(21)14-11-12(2)22-13(14)3/h11H,6-10H2,1-5H3,(H,17,20). The van der Waals surface area contributed by atoms with Crippen LogP contribution in [-0.2, 0) is 4.79 Å². The molecule has 0 radical (unpaired) electrons. The summed E-state index contributed by atoms with van der Waals surface area (Å²) in [5.74, 6) is 1.22. The Balaban J connectivity index is 2.49. The lowest BCUT2D eigenvalue weighted by molar-refractivity contribution is -0.121. The molecule has 0 aromatic carbocycles. The van der Waals surface area contributed by atoms with Gasteiger partial charge in [0.05, 0.1) is 5.56 Å². The zero-order chi connectivity index (χ0) is 16.7. The Morgan fingerprint density at radius 2 is 1.91 bits per heavy atom. The third-order valence-corrected chi connectivity index (χ3v) is 3.43. The number of amides is 2. The summed E-state index contributed by atoms with van der Waals surface area (Å²) in [6.07, 6.45) is 0.308. The highest BCUT2D eigenvalue weighted by Crippen LogP contribution is 2.16. The summed E-state index contributed by atoms with van der Waals surface area (Å²) in [4.78, 5) is 27.9. The van der Waals surface area contributed by atoms with Gasteiger partial charge in [0.25, 0.3) is 5.91 Å². The second-order valence-corrected chi connectivity index (χ2v) is 5.61. The van der Waals surface area contributed by atoms with Crippen molar-refractivity contribution in [3.05, 3.63) is 23.2 Å². The summed E-state index contributed by atoms with van der Waals surface area (Å²) in [6.45, 7) is 7.90. The maximum atomic E-state index is 12.5. The largest absolute Gasteiger partial charge is 0.466 e. The van der Waals surface area contributed by atoms with E-state index in [-0.39, 0.29) is 11.8 Å². The van der Waals surface area contributed by atoms with Gasteiger partial charge in [-0.1, -0.05) is 0 Å². The molecule has 2 amide bonds. The molecule has 0 fully saturated rings. The number of hydrogen-bond donors (Lipinski definition) is 1. The second kappa shape index (κ2) is 8.58. The molecule has 1 aromatic heterocycles. The van der Waals surface area contributed by atoms with Crippen LogP contribution in [-0.4, -0.2) is 61.9 Å². The molecule has 0 saturated carbocycles. The molecule has 1 rings (SSSR count). The van der Waals surface area contributed by atoms with E-state index >= 15 is 0 Å². The van der Waals surface area contributed by atoms with Crippen LogP contribution in [0.2, 0.25) is 0 Å². The van der Waals surface area contributed by atoms with E-state index < -0.39 is 0 Å². The first-order chi connectivity index (χ1) is 10.3. The molecule has 0 spiro atoms. The Morgan fingerprint density at radius 1 is 1.23 bits per heavy atom. The van der Waals surface area contributed by atoms with Crippen LogP contribution in [0.15, 0.2) is 10.5 Å². The molecule has 22 heavy (non-hydrogen) atoms. The lowest BCUT2D eigenvalue weighted by Gasteiger charge is -2.20. The average molecular weight is 309 g/mol. The van der Waals surface area contributed by atoms with Crippen LogP contribution in [0.3, 0.4) is 0 Å². The Hall–Kier alpha value is -1.82. The highest BCUT2D eigenvalue weighted by atomic mass is 16.3. The molecule has 0 unspecified atom stereocenters. The molecule has 124 valence electrons. The number of hydrogen-bond acceptors (Lipinski definition) is 4. The molecular weight excluding hydrogens is 282 g/mol. The average Bonchev–Trinajstić information content (AvgIpc) is 2.77. The third-order valence-electron chi connectivity index (χ3n) is 3.43.